The summed E-state index contributed by atoms with van der Waals surface area (Å²) in [5.41, 5.74) is 2.83. The van der Waals surface area contributed by atoms with Gasteiger partial charge in [-0.15, -0.1) is 0 Å². The molecule has 4 rings (SSSR count). The van der Waals surface area contributed by atoms with Crippen LogP contribution in [0.1, 0.15) is 12.5 Å². The SMILES string of the molecule is Cn1nc(Nc2cccc([C@]3(C)COCC(=S)N3)c2)c2ccc(Br)cc21. The highest BCUT2D eigenvalue weighted by Crippen LogP contribution is 2.30. The summed E-state index contributed by atoms with van der Waals surface area (Å²) in [6.07, 6.45) is 0. The molecule has 1 aromatic heterocycles. The lowest BCUT2D eigenvalue weighted by molar-refractivity contribution is 0.0876. The number of morpholine rings is 1. The van der Waals surface area contributed by atoms with Crippen LogP contribution in [0, 0.1) is 0 Å². The van der Waals surface area contributed by atoms with Crippen LogP contribution in [0.25, 0.3) is 10.9 Å². The highest BCUT2D eigenvalue weighted by molar-refractivity contribution is 9.10. The van der Waals surface area contributed by atoms with E-state index in [1.165, 1.54) is 0 Å². The van der Waals surface area contributed by atoms with Crippen molar-refractivity contribution in [1.29, 1.82) is 0 Å². The minimum absolute atomic E-state index is 0.329. The summed E-state index contributed by atoms with van der Waals surface area (Å²) < 4.78 is 8.55. The predicted molar refractivity (Wildman–Crippen MR) is 112 cm³/mol. The zero-order valence-corrected chi connectivity index (χ0v) is 16.9. The van der Waals surface area contributed by atoms with Crippen LogP contribution in [0.2, 0.25) is 0 Å². The standard InChI is InChI=1S/C19H19BrN4OS/c1-19(11-25-10-17(26)22-19)12-4-3-5-14(8-12)21-18-15-7-6-13(20)9-16(15)24(2)23-18/h3-9H,10-11H2,1-2H3,(H,21,23)(H,22,26)/t19-/m0/s1. The van der Waals surface area contributed by atoms with Crippen molar-refractivity contribution in [2.75, 3.05) is 18.5 Å². The minimum Gasteiger partial charge on any atom is -0.372 e. The predicted octanol–water partition coefficient (Wildman–Crippen LogP) is 4.24. The maximum atomic E-state index is 5.64. The van der Waals surface area contributed by atoms with E-state index in [2.05, 4.69) is 62.9 Å². The van der Waals surface area contributed by atoms with E-state index in [0.717, 1.165) is 37.4 Å². The quantitative estimate of drug-likeness (QED) is 0.608. The van der Waals surface area contributed by atoms with Gasteiger partial charge in [0.1, 0.15) is 4.99 Å². The van der Waals surface area contributed by atoms with Crippen LogP contribution < -0.4 is 10.6 Å². The molecule has 0 saturated carbocycles. The molecule has 1 aliphatic heterocycles. The van der Waals surface area contributed by atoms with Crippen molar-refractivity contribution < 1.29 is 4.74 Å². The molecule has 1 atom stereocenters. The molecule has 2 N–H and O–H groups in total. The van der Waals surface area contributed by atoms with E-state index >= 15 is 0 Å². The van der Waals surface area contributed by atoms with Gasteiger partial charge in [0.05, 0.1) is 24.3 Å². The van der Waals surface area contributed by atoms with Gasteiger partial charge in [-0.05, 0) is 42.8 Å². The molecule has 2 heterocycles. The first kappa shape index (κ1) is 17.5. The van der Waals surface area contributed by atoms with Crippen LogP contribution in [0.4, 0.5) is 11.5 Å². The Labute approximate surface area is 165 Å². The molecule has 2 aromatic carbocycles. The first-order valence-corrected chi connectivity index (χ1v) is 9.53. The fraction of sp³-hybridized carbons (Fsp3) is 0.263. The summed E-state index contributed by atoms with van der Waals surface area (Å²) in [4.78, 5) is 0.735. The summed E-state index contributed by atoms with van der Waals surface area (Å²) in [6.45, 7) is 3.17. The summed E-state index contributed by atoms with van der Waals surface area (Å²) in [5.74, 6) is 0.834. The van der Waals surface area contributed by atoms with Crippen LogP contribution in [-0.4, -0.2) is 28.0 Å². The number of benzene rings is 2. The number of hydrogen-bond acceptors (Lipinski definition) is 4. The van der Waals surface area contributed by atoms with Crippen LogP contribution >= 0.6 is 28.1 Å². The number of halogens is 1. The summed E-state index contributed by atoms with van der Waals surface area (Å²) in [5, 5.41) is 12.5. The molecule has 1 saturated heterocycles. The first-order valence-electron chi connectivity index (χ1n) is 8.33. The molecule has 0 amide bonds. The van der Waals surface area contributed by atoms with Gasteiger partial charge in [0.25, 0.3) is 0 Å². The van der Waals surface area contributed by atoms with E-state index < -0.39 is 0 Å². The van der Waals surface area contributed by atoms with E-state index in [4.69, 9.17) is 17.0 Å². The Morgan fingerprint density at radius 1 is 1.31 bits per heavy atom. The molecule has 0 bridgehead atoms. The van der Waals surface area contributed by atoms with E-state index in [1.807, 2.05) is 29.9 Å². The number of anilines is 2. The van der Waals surface area contributed by atoms with Gasteiger partial charge in [0.15, 0.2) is 5.82 Å². The van der Waals surface area contributed by atoms with Crippen molar-refractivity contribution in [3.05, 3.63) is 52.5 Å². The highest BCUT2D eigenvalue weighted by atomic mass is 79.9. The fourth-order valence-electron chi connectivity index (χ4n) is 3.28. The van der Waals surface area contributed by atoms with E-state index in [0.29, 0.717) is 13.2 Å². The van der Waals surface area contributed by atoms with Crippen LogP contribution in [0.15, 0.2) is 46.9 Å². The van der Waals surface area contributed by atoms with Crippen LogP contribution in [0.3, 0.4) is 0 Å². The molecule has 3 aromatic rings. The van der Waals surface area contributed by atoms with Crippen molar-refractivity contribution in [3.63, 3.8) is 0 Å². The summed E-state index contributed by atoms with van der Waals surface area (Å²) in [7, 11) is 1.95. The second kappa shape index (κ2) is 6.64. The van der Waals surface area contributed by atoms with Crippen molar-refractivity contribution >= 4 is 55.5 Å². The minimum atomic E-state index is -0.329. The van der Waals surface area contributed by atoms with Crippen LogP contribution in [-0.2, 0) is 17.3 Å². The lowest BCUT2D eigenvalue weighted by Crippen LogP contribution is -2.52. The van der Waals surface area contributed by atoms with Gasteiger partial charge >= 0.3 is 0 Å². The number of ether oxygens (including phenoxy) is 1. The topological polar surface area (TPSA) is 51.1 Å². The molecule has 5 nitrogen and oxygen atoms in total. The molecule has 7 heteroatoms. The van der Waals surface area contributed by atoms with Gasteiger partial charge < -0.3 is 15.4 Å². The maximum Gasteiger partial charge on any atom is 0.160 e. The normalized spacial score (nSPS) is 20.2. The zero-order valence-electron chi connectivity index (χ0n) is 14.5. The number of aryl methyl sites for hydroxylation is 1. The third-order valence-corrected chi connectivity index (χ3v) is 5.33. The van der Waals surface area contributed by atoms with E-state index in [-0.39, 0.29) is 5.54 Å². The number of fused-ring (bicyclic) bond motifs is 1. The average Bonchev–Trinajstić information content (AvgIpc) is 2.90. The molecular formula is C19H19BrN4OS. The molecular weight excluding hydrogens is 412 g/mol. The van der Waals surface area contributed by atoms with Gasteiger partial charge in [-0.2, -0.15) is 5.10 Å². The van der Waals surface area contributed by atoms with Gasteiger partial charge in [-0.1, -0.05) is 40.3 Å². The molecule has 0 unspecified atom stereocenters. The fourth-order valence-corrected chi connectivity index (χ4v) is 3.94. The molecule has 0 radical (unpaired) electrons. The second-order valence-corrected chi connectivity index (χ2v) is 8.12. The van der Waals surface area contributed by atoms with E-state index in [9.17, 15) is 0 Å². The van der Waals surface area contributed by atoms with Crippen molar-refractivity contribution in [1.82, 2.24) is 15.1 Å². The smallest absolute Gasteiger partial charge is 0.160 e. The number of nitrogens with zero attached hydrogens (tertiary/aromatic N) is 2. The third kappa shape index (κ3) is 3.22. The Balaban J connectivity index is 1.67. The largest absolute Gasteiger partial charge is 0.372 e. The van der Waals surface area contributed by atoms with Crippen molar-refractivity contribution in [2.24, 2.45) is 7.05 Å². The Morgan fingerprint density at radius 2 is 2.15 bits per heavy atom. The molecule has 1 fully saturated rings. The second-order valence-electron chi connectivity index (χ2n) is 6.71. The van der Waals surface area contributed by atoms with Gasteiger partial charge in [0.2, 0.25) is 0 Å². The lowest BCUT2D eigenvalue weighted by Gasteiger charge is -2.36. The Morgan fingerprint density at radius 3 is 2.96 bits per heavy atom. The number of aromatic nitrogens is 2. The highest BCUT2D eigenvalue weighted by Gasteiger charge is 2.31. The van der Waals surface area contributed by atoms with E-state index in [1.54, 1.807) is 0 Å². The summed E-state index contributed by atoms with van der Waals surface area (Å²) >= 11 is 8.81. The lowest BCUT2D eigenvalue weighted by atomic mass is 9.91. The third-order valence-electron chi connectivity index (χ3n) is 4.62. The number of nitrogens with one attached hydrogen (secondary N) is 2. The molecule has 1 aliphatic rings. The van der Waals surface area contributed by atoms with Gasteiger partial charge in [-0.25, -0.2) is 0 Å². The van der Waals surface area contributed by atoms with Crippen molar-refractivity contribution in [3.8, 4) is 0 Å². The van der Waals surface area contributed by atoms with Crippen LogP contribution in [0.5, 0.6) is 0 Å². The summed E-state index contributed by atoms with van der Waals surface area (Å²) in [6, 6.07) is 14.4. The average molecular weight is 431 g/mol. The zero-order chi connectivity index (χ0) is 18.3. The molecule has 0 spiro atoms. The monoisotopic (exact) mass is 430 g/mol. The Hall–Kier alpha value is -1.96. The van der Waals surface area contributed by atoms with Crippen molar-refractivity contribution in [2.45, 2.75) is 12.5 Å². The van der Waals surface area contributed by atoms with Gasteiger partial charge in [0, 0.05) is 22.6 Å². The molecule has 26 heavy (non-hydrogen) atoms. The maximum absolute atomic E-state index is 5.64. The number of thiocarbonyl (C=S) groups is 1. The first-order chi connectivity index (χ1) is 12.4. The number of hydrogen-bond donors (Lipinski definition) is 2. The van der Waals surface area contributed by atoms with Gasteiger partial charge in [-0.3, -0.25) is 4.68 Å². The Kier molecular flexibility index (Phi) is 4.46. The molecule has 0 aliphatic carbocycles. The molecule has 134 valence electrons. The number of rotatable bonds is 3. The Bertz CT molecular complexity index is 1000.